The monoisotopic (exact) mass is 286 g/mol. The van der Waals surface area contributed by atoms with Crippen LogP contribution >= 0.6 is 0 Å². The van der Waals surface area contributed by atoms with Crippen LogP contribution in [-0.4, -0.2) is 34.1 Å². The van der Waals surface area contributed by atoms with Crippen molar-refractivity contribution in [2.75, 3.05) is 13.1 Å². The SMILES string of the molecule is OC(CC1CCCN1CCc1ccncc1)c1ccco1. The van der Waals surface area contributed by atoms with Crippen molar-refractivity contribution in [1.29, 1.82) is 0 Å². The molecule has 2 unspecified atom stereocenters. The summed E-state index contributed by atoms with van der Waals surface area (Å²) in [6.07, 6.45) is 8.98. The van der Waals surface area contributed by atoms with Gasteiger partial charge in [0.2, 0.25) is 0 Å². The molecule has 1 aliphatic rings. The Labute approximate surface area is 125 Å². The summed E-state index contributed by atoms with van der Waals surface area (Å²) in [6.45, 7) is 2.17. The van der Waals surface area contributed by atoms with Crippen LogP contribution < -0.4 is 0 Å². The summed E-state index contributed by atoms with van der Waals surface area (Å²) in [7, 11) is 0. The van der Waals surface area contributed by atoms with E-state index in [1.54, 1.807) is 6.26 Å². The van der Waals surface area contributed by atoms with Gasteiger partial charge in [-0.1, -0.05) is 0 Å². The molecule has 0 spiro atoms. The zero-order valence-electron chi connectivity index (χ0n) is 12.2. The van der Waals surface area contributed by atoms with E-state index >= 15 is 0 Å². The average molecular weight is 286 g/mol. The van der Waals surface area contributed by atoms with Gasteiger partial charge in [0.15, 0.2) is 0 Å². The molecule has 2 atom stereocenters. The van der Waals surface area contributed by atoms with Gasteiger partial charge >= 0.3 is 0 Å². The van der Waals surface area contributed by atoms with Crippen molar-refractivity contribution in [1.82, 2.24) is 9.88 Å². The fourth-order valence-electron chi connectivity index (χ4n) is 3.13. The number of aliphatic hydroxyl groups is 1. The summed E-state index contributed by atoms with van der Waals surface area (Å²) in [5.74, 6) is 0.677. The van der Waals surface area contributed by atoms with E-state index in [1.165, 1.54) is 12.0 Å². The quantitative estimate of drug-likeness (QED) is 0.887. The second-order valence-corrected chi connectivity index (χ2v) is 5.70. The van der Waals surface area contributed by atoms with E-state index in [9.17, 15) is 5.11 Å². The molecule has 1 fully saturated rings. The number of aliphatic hydroxyl groups excluding tert-OH is 1. The Hall–Kier alpha value is -1.65. The van der Waals surface area contributed by atoms with Crippen molar-refractivity contribution in [3.63, 3.8) is 0 Å². The third-order valence-corrected chi connectivity index (χ3v) is 4.30. The Morgan fingerprint density at radius 2 is 2.19 bits per heavy atom. The maximum Gasteiger partial charge on any atom is 0.132 e. The Bertz CT molecular complexity index is 527. The van der Waals surface area contributed by atoms with Crippen molar-refractivity contribution < 1.29 is 9.52 Å². The minimum absolute atomic E-state index is 0.451. The van der Waals surface area contributed by atoms with Gasteiger partial charge in [0.25, 0.3) is 0 Å². The van der Waals surface area contributed by atoms with E-state index in [0.717, 1.165) is 32.4 Å². The van der Waals surface area contributed by atoms with Gasteiger partial charge in [0.05, 0.1) is 6.26 Å². The van der Waals surface area contributed by atoms with E-state index in [-0.39, 0.29) is 0 Å². The van der Waals surface area contributed by atoms with Gasteiger partial charge < -0.3 is 9.52 Å². The first-order chi connectivity index (χ1) is 10.3. The molecule has 0 bridgehead atoms. The number of likely N-dealkylation sites (tertiary alicyclic amines) is 1. The maximum atomic E-state index is 10.2. The van der Waals surface area contributed by atoms with Gasteiger partial charge in [-0.3, -0.25) is 9.88 Å². The fourth-order valence-corrected chi connectivity index (χ4v) is 3.13. The summed E-state index contributed by atoms with van der Waals surface area (Å²) in [4.78, 5) is 6.54. The van der Waals surface area contributed by atoms with Crippen molar-refractivity contribution in [2.24, 2.45) is 0 Å². The van der Waals surface area contributed by atoms with E-state index in [2.05, 4.69) is 22.0 Å². The fraction of sp³-hybridized carbons (Fsp3) is 0.471. The van der Waals surface area contributed by atoms with Crippen LogP contribution in [-0.2, 0) is 6.42 Å². The minimum atomic E-state index is -0.494. The number of furan rings is 1. The lowest BCUT2D eigenvalue weighted by atomic mass is 10.0. The van der Waals surface area contributed by atoms with Crippen LogP contribution in [0.2, 0.25) is 0 Å². The van der Waals surface area contributed by atoms with Crippen molar-refractivity contribution in [2.45, 2.75) is 37.8 Å². The Kier molecular flexibility index (Phi) is 4.68. The molecule has 2 aromatic rings. The average Bonchev–Trinajstić information content (AvgIpc) is 3.18. The highest BCUT2D eigenvalue weighted by molar-refractivity contribution is 5.10. The first-order valence-electron chi connectivity index (χ1n) is 7.67. The van der Waals surface area contributed by atoms with Gasteiger partial charge in [-0.25, -0.2) is 0 Å². The van der Waals surface area contributed by atoms with E-state index in [1.807, 2.05) is 24.5 Å². The lowest BCUT2D eigenvalue weighted by Gasteiger charge is -2.25. The number of pyridine rings is 1. The van der Waals surface area contributed by atoms with Crippen LogP contribution in [0.25, 0.3) is 0 Å². The lowest BCUT2D eigenvalue weighted by molar-refractivity contribution is 0.102. The Morgan fingerprint density at radius 1 is 1.33 bits per heavy atom. The highest BCUT2D eigenvalue weighted by Crippen LogP contribution is 2.27. The van der Waals surface area contributed by atoms with Gasteiger partial charge in [-0.2, -0.15) is 0 Å². The molecule has 1 aliphatic heterocycles. The largest absolute Gasteiger partial charge is 0.467 e. The van der Waals surface area contributed by atoms with Crippen LogP contribution in [0.4, 0.5) is 0 Å². The van der Waals surface area contributed by atoms with Crippen LogP contribution in [0.5, 0.6) is 0 Å². The molecule has 3 rings (SSSR count). The van der Waals surface area contributed by atoms with E-state index in [0.29, 0.717) is 11.8 Å². The third kappa shape index (κ3) is 3.71. The van der Waals surface area contributed by atoms with E-state index in [4.69, 9.17) is 4.42 Å². The molecule has 1 N–H and O–H groups in total. The molecule has 3 heterocycles. The van der Waals surface area contributed by atoms with Crippen molar-refractivity contribution in [3.05, 3.63) is 54.2 Å². The molecular weight excluding hydrogens is 264 g/mol. The second-order valence-electron chi connectivity index (χ2n) is 5.70. The van der Waals surface area contributed by atoms with E-state index < -0.39 is 6.10 Å². The predicted octanol–water partition coefficient (Wildman–Crippen LogP) is 2.81. The first kappa shape index (κ1) is 14.3. The molecule has 0 amide bonds. The molecule has 0 radical (unpaired) electrons. The lowest BCUT2D eigenvalue weighted by Crippen LogP contribution is -2.32. The second kappa shape index (κ2) is 6.87. The molecule has 0 saturated carbocycles. The highest BCUT2D eigenvalue weighted by atomic mass is 16.4. The highest BCUT2D eigenvalue weighted by Gasteiger charge is 2.27. The number of hydrogen-bond donors (Lipinski definition) is 1. The molecule has 4 nitrogen and oxygen atoms in total. The van der Waals surface area contributed by atoms with Crippen molar-refractivity contribution >= 4 is 0 Å². The predicted molar refractivity (Wildman–Crippen MR) is 80.8 cm³/mol. The summed E-state index contributed by atoms with van der Waals surface area (Å²) in [5.41, 5.74) is 1.32. The molecular formula is C17H22N2O2. The summed E-state index contributed by atoms with van der Waals surface area (Å²) in [6, 6.07) is 8.27. The van der Waals surface area contributed by atoms with Crippen LogP contribution in [0.3, 0.4) is 0 Å². The molecule has 0 aromatic carbocycles. The molecule has 4 heteroatoms. The minimum Gasteiger partial charge on any atom is -0.467 e. The molecule has 21 heavy (non-hydrogen) atoms. The maximum absolute atomic E-state index is 10.2. The molecule has 2 aromatic heterocycles. The molecule has 0 aliphatic carbocycles. The van der Waals surface area contributed by atoms with Gasteiger partial charge in [0.1, 0.15) is 11.9 Å². The number of hydrogen-bond acceptors (Lipinski definition) is 4. The number of rotatable bonds is 6. The standard InChI is InChI=1S/C17H22N2O2/c20-16(17-4-2-12-21-17)13-15-3-1-10-19(15)11-7-14-5-8-18-9-6-14/h2,4-6,8-9,12,15-16,20H,1,3,7,10-11,13H2. The Balaban J connectivity index is 1.53. The third-order valence-electron chi connectivity index (χ3n) is 4.30. The zero-order valence-corrected chi connectivity index (χ0v) is 12.2. The first-order valence-corrected chi connectivity index (χ1v) is 7.67. The normalized spacial score (nSPS) is 20.7. The van der Waals surface area contributed by atoms with Crippen LogP contribution in [0.15, 0.2) is 47.3 Å². The number of nitrogens with zero attached hydrogens (tertiary/aromatic N) is 2. The van der Waals surface area contributed by atoms with Gasteiger partial charge in [-0.05, 0) is 62.1 Å². The number of aromatic nitrogens is 1. The van der Waals surface area contributed by atoms with Crippen molar-refractivity contribution in [3.8, 4) is 0 Å². The molecule has 112 valence electrons. The summed E-state index contributed by atoms with van der Waals surface area (Å²) < 4.78 is 5.29. The van der Waals surface area contributed by atoms with Crippen LogP contribution in [0.1, 0.15) is 36.7 Å². The Morgan fingerprint density at radius 3 is 2.95 bits per heavy atom. The van der Waals surface area contributed by atoms with Crippen LogP contribution in [0, 0.1) is 0 Å². The topological polar surface area (TPSA) is 49.5 Å². The van der Waals surface area contributed by atoms with Gasteiger partial charge in [-0.15, -0.1) is 0 Å². The molecule has 1 saturated heterocycles. The van der Waals surface area contributed by atoms with Gasteiger partial charge in [0, 0.05) is 25.0 Å². The zero-order chi connectivity index (χ0) is 14.5. The smallest absolute Gasteiger partial charge is 0.132 e. The summed E-state index contributed by atoms with van der Waals surface area (Å²) in [5, 5.41) is 10.2. The summed E-state index contributed by atoms with van der Waals surface area (Å²) >= 11 is 0.